The van der Waals surface area contributed by atoms with Crippen molar-refractivity contribution in [3.05, 3.63) is 0 Å². The summed E-state index contributed by atoms with van der Waals surface area (Å²) in [5.74, 6) is 0. The average molecular weight is 231 g/mol. The molecule has 0 bridgehead atoms. The quantitative estimate of drug-likeness (QED) is 0.643. The SMILES string of the molecule is CC(C)OCC(O)CN(CCO)C1CCC1. The lowest BCUT2D eigenvalue weighted by molar-refractivity contribution is -0.0230. The standard InChI is InChI=1S/C12H25NO3/c1-10(2)16-9-12(15)8-13(6-7-14)11-4-3-5-11/h10-12,14-15H,3-9H2,1-2H3. The topological polar surface area (TPSA) is 52.9 Å². The maximum Gasteiger partial charge on any atom is 0.0900 e. The van der Waals surface area contributed by atoms with E-state index in [1.807, 2.05) is 13.8 Å². The fraction of sp³-hybridized carbons (Fsp3) is 1.00. The fourth-order valence-electron chi connectivity index (χ4n) is 1.93. The van der Waals surface area contributed by atoms with Crippen LogP contribution in [0.5, 0.6) is 0 Å². The monoisotopic (exact) mass is 231 g/mol. The van der Waals surface area contributed by atoms with Crippen LogP contribution in [0.25, 0.3) is 0 Å². The molecule has 0 aromatic carbocycles. The molecule has 1 atom stereocenters. The first-order valence-corrected chi connectivity index (χ1v) is 6.28. The smallest absolute Gasteiger partial charge is 0.0900 e. The lowest BCUT2D eigenvalue weighted by Crippen LogP contribution is -2.46. The highest BCUT2D eigenvalue weighted by molar-refractivity contribution is 4.81. The van der Waals surface area contributed by atoms with E-state index in [4.69, 9.17) is 9.84 Å². The summed E-state index contributed by atoms with van der Waals surface area (Å²) in [4.78, 5) is 2.18. The van der Waals surface area contributed by atoms with E-state index in [1.54, 1.807) is 0 Å². The second-order valence-corrected chi connectivity index (χ2v) is 4.84. The minimum absolute atomic E-state index is 0.157. The molecular formula is C12H25NO3. The molecule has 1 saturated carbocycles. The van der Waals surface area contributed by atoms with Gasteiger partial charge in [-0.25, -0.2) is 0 Å². The maximum absolute atomic E-state index is 9.82. The Bertz CT molecular complexity index is 183. The molecule has 0 saturated heterocycles. The molecule has 0 aromatic rings. The van der Waals surface area contributed by atoms with Crippen LogP contribution in [0.15, 0.2) is 0 Å². The van der Waals surface area contributed by atoms with E-state index in [-0.39, 0.29) is 12.7 Å². The maximum atomic E-state index is 9.82. The van der Waals surface area contributed by atoms with Crippen molar-refractivity contribution < 1.29 is 14.9 Å². The third-order valence-corrected chi connectivity index (χ3v) is 3.05. The van der Waals surface area contributed by atoms with Gasteiger partial charge in [0.05, 0.1) is 25.4 Å². The molecule has 0 spiro atoms. The number of nitrogens with zero attached hydrogens (tertiary/aromatic N) is 1. The molecule has 0 heterocycles. The highest BCUT2D eigenvalue weighted by atomic mass is 16.5. The van der Waals surface area contributed by atoms with Crippen LogP contribution in [0.2, 0.25) is 0 Å². The van der Waals surface area contributed by atoms with E-state index < -0.39 is 6.10 Å². The van der Waals surface area contributed by atoms with Crippen molar-refractivity contribution in [1.29, 1.82) is 0 Å². The Morgan fingerprint density at radius 1 is 1.38 bits per heavy atom. The van der Waals surface area contributed by atoms with Gasteiger partial charge in [-0.1, -0.05) is 6.42 Å². The van der Waals surface area contributed by atoms with Crippen molar-refractivity contribution in [3.63, 3.8) is 0 Å². The Balaban J connectivity index is 2.23. The summed E-state index contributed by atoms with van der Waals surface area (Å²) >= 11 is 0. The summed E-state index contributed by atoms with van der Waals surface area (Å²) in [6.45, 7) is 5.73. The van der Waals surface area contributed by atoms with E-state index in [1.165, 1.54) is 19.3 Å². The summed E-state index contributed by atoms with van der Waals surface area (Å²) in [6.07, 6.45) is 3.36. The zero-order valence-corrected chi connectivity index (χ0v) is 10.4. The molecule has 1 fully saturated rings. The van der Waals surface area contributed by atoms with Gasteiger partial charge in [0.15, 0.2) is 0 Å². The first-order chi connectivity index (χ1) is 7.63. The molecule has 1 aliphatic carbocycles. The number of rotatable bonds is 8. The van der Waals surface area contributed by atoms with Crippen molar-refractivity contribution in [2.24, 2.45) is 0 Å². The van der Waals surface area contributed by atoms with Crippen molar-refractivity contribution in [3.8, 4) is 0 Å². The normalized spacial score (nSPS) is 19.1. The fourth-order valence-corrected chi connectivity index (χ4v) is 1.93. The number of aliphatic hydroxyl groups is 2. The molecule has 16 heavy (non-hydrogen) atoms. The summed E-state index contributed by atoms with van der Waals surface area (Å²) in [5, 5.41) is 18.8. The van der Waals surface area contributed by atoms with Crippen LogP contribution >= 0.6 is 0 Å². The molecule has 4 heteroatoms. The highest BCUT2D eigenvalue weighted by Gasteiger charge is 2.26. The second-order valence-electron chi connectivity index (χ2n) is 4.84. The Morgan fingerprint density at radius 3 is 2.50 bits per heavy atom. The van der Waals surface area contributed by atoms with Gasteiger partial charge in [-0.2, -0.15) is 0 Å². The first-order valence-electron chi connectivity index (χ1n) is 6.28. The predicted octanol–water partition coefficient (Wildman–Crippen LogP) is 0.619. The Morgan fingerprint density at radius 2 is 2.06 bits per heavy atom. The second kappa shape index (κ2) is 7.22. The van der Waals surface area contributed by atoms with Crippen LogP contribution in [-0.2, 0) is 4.74 Å². The first kappa shape index (κ1) is 13.9. The molecule has 2 N–H and O–H groups in total. The number of hydrogen-bond acceptors (Lipinski definition) is 4. The molecule has 1 aliphatic rings. The van der Waals surface area contributed by atoms with Gasteiger partial charge in [0.25, 0.3) is 0 Å². The summed E-state index contributed by atoms with van der Waals surface area (Å²) in [6, 6.07) is 0.556. The van der Waals surface area contributed by atoms with Gasteiger partial charge in [-0.05, 0) is 26.7 Å². The van der Waals surface area contributed by atoms with Crippen molar-refractivity contribution in [2.75, 3.05) is 26.3 Å². The Hall–Kier alpha value is -0.160. The minimum Gasteiger partial charge on any atom is -0.395 e. The van der Waals surface area contributed by atoms with Gasteiger partial charge in [-0.3, -0.25) is 4.90 Å². The van der Waals surface area contributed by atoms with Gasteiger partial charge in [0.2, 0.25) is 0 Å². The van der Waals surface area contributed by atoms with Crippen LogP contribution < -0.4 is 0 Å². The molecule has 0 aromatic heterocycles. The van der Waals surface area contributed by atoms with Crippen molar-refractivity contribution in [1.82, 2.24) is 4.90 Å². The molecule has 1 rings (SSSR count). The largest absolute Gasteiger partial charge is 0.395 e. The van der Waals surface area contributed by atoms with E-state index in [2.05, 4.69) is 4.90 Å². The third-order valence-electron chi connectivity index (χ3n) is 3.05. The zero-order valence-electron chi connectivity index (χ0n) is 10.4. The van der Waals surface area contributed by atoms with Crippen LogP contribution in [0.3, 0.4) is 0 Å². The number of hydrogen-bond donors (Lipinski definition) is 2. The predicted molar refractivity (Wildman–Crippen MR) is 63.4 cm³/mol. The molecule has 0 amide bonds. The molecule has 1 unspecified atom stereocenters. The lowest BCUT2D eigenvalue weighted by atomic mass is 9.91. The van der Waals surface area contributed by atoms with Gasteiger partial charge < -0.3 is 14.9 Å². The van der Waals surface area contributed by atoms with Gasteiger partial charge in [-0.15, -0.1) is 0 Å². The van der Waals surface area contributed by atoms with Crippen molar-refractivity contribution >= 4 is 0 Å². The van der Waals surface area contributed by atoms with E-state index in [0.29, 0.717) is 25.7 Å². The highest BCUT2D eigenvalue weighted by Crippen LogP contribution is 2.24. The summed E-state index contributed by atoms with van der Waals surface area (Å²) in [5.41, 5.74) is 0. The number of aliphatic hydroxyl groups excluding tert-OH is 2. The van der Waals surface area contributed by atoms with Crippen LogP contribution in [0.1, 0.15) is 33.1 Å². The van der Waals surface area contributed by atoms with Crippen molar-refractivity contribution in [2.45, 2.75) is 51.4 Å². The van der Waals surface area contributed by atoms with Gasteiger partial charge >= 0.3 is 0 Å². The zero-order chi connectivity index (χ0) is 12.0. The minimum atomic E-state index is -0.449. The third kappa shape index (κ3) is 4.78. The summed E-state index contributed by atoms with van der Waals surface area (Å²) in [7, 11) is 0. The molecule has 4 nitrogen and oxygen atoms in total. The molecule has 0 aliphatic heterocycles. The van der Waals surface area contributed by atoms with Crippen LogP contribution in [0.4, 0.5) is 0 Å². The van der Waals surface area contributed by atoms with Crippen LogP contribution in [0, 0.1) is 0 Å². The molecule has 96 valence electrons. The van der Waals surface area contributed by atoms with Gasteiger partial charge in [0, 0.05) is 19.1 Å². The Kier molecular flexibility index (Phi) is 6.28. The van der Waals surface area contributed by atoms with Crippen LogP contribution in [-0.4, -0.2) is 59.7 Å². The number of ether oxygens (including phenoxy) is 1. The molecule has 0 radical (unpaired) electrons. The summed E-state index contributed by atoms with van der Waals surface area (Å²) < 4.78 is 5.37. The lowest BCUT2D eigenvalue weighted by Gasteiger charge is -2.38. The average Bonchev–Trinajstić information content (AvgIpc) is 2.12. The Labute approximate surface area is 98.2 Å². The van der Waals surface area contributed by atoms with E-state index >= 15 is 0 Å². The van der Waals surface area contributed by atoms with E-state index in [9.17, 15) is 5.11 Å². The van der Waals surface area contributed by atoms with Gasteiger partial charge in [0.1, 0.15) is 0 Å². The van der Waals surface area contributed by atoms with E-state index in [0.717, 1.165) is 0 Å². The molecular weight excluding hydrogens is 206 g/mol.